The maximum absolute atomic E-state index is 13.3. The summed E-state index contributed by atoms with van der Waals surface area (Å²) in [5.41, 5.74) is 8.29. The second kappa shape index (κ2) is 9.76. The number of hydrogen-bond acceptors (Lipinski definition) is 3. The summed E-state index contributed by atoms with van der Waals surface area (Å²) in [5, 5.41) is 6.30. The molecule has 1 heterocycles. The third kappa shape index (κ3) is 5.12. The summed E-state index contributed by atoms with van der Waals surface area (Å²) >= 11 is 3.44. The van der Waals surface area contributed by atoms with Gasteiger partial charge in [0.15, 0.2) is 0 Å². The van der Waals surface area contributed by atoms with Crippen molar-refractivity contribution in [3.05, 3.63) is 93.1 Å². The number of para-hydroxylation sites is 1. The maximum atomic E-state index is 13.3. The van der Waals surface area contributed by atoms with Crippen molar-refractivity contribution in [2.75, 3.05) is 16.1 Å². The van der Waals surface area contributed by atoms with Crippen LogP contribution in [0.25, 0.3) is 10.9 Å². The minimum absolute atomic E-state index is 0.186. The average molecular weight is 533 g/mol. The second-order valence-electron chi connectivity index (χ2n) is 8.50. The van der Waals surface area contributed by atoms with Crippen LogP contribution in [-0.4, -0.2) is 22.4 Å². The van der Waals surface area contributed by atoms with Crippen molar-refractivity contribution in [1.82, 2.24) is 4.68 Å². The van der Waals surface area contributed by atoms with E-state index in [0.29, 0.717) is 16.9 Å². The van der Waals surface area contributed by atoms with Crippen molar-refractivity contribution in [2.24, 2.45) is 0 Å². The number of rotatable bonds is 4. The van der Waals surface area contributed by atoms with Crippen LogP contribution in [0.5, 0.6) is 0 Å². The Kier molecular flexibility index (Phi) is 6.75. The number of aromatic nitrogens is 1. The van der Waals surface area contributed by atoms with Gasteiger partial charge in [-0.1, -0.05) is 51.8 Å². The van der Waals surface area contributed by atoms with Gasteiger partial charge >= 0.3 is 11.8 Å². The van der Waals surface area contributed by atoms with Crippen molar-refractivity contribution in [2.45, 2.75) is 27.7 Å². The molecule has 0 saturated carbocycles. The molecule has 3 aromatic carbocycles. The maximum Gasteiger partial charge on any atom is 0.328 e. The zero-order valence-electron chi connectivity index (χ0n) is 19.8. The first-order valence-electron chi connectivity index (χ1n) is 11.0. The standard InChI is InChI=1S/C27H25BrN4O3/c1-15-8-10-21(18(4)12-15)29-25(33)23-14-19-13-20(28)9-11-22(19)32(23)31-27(35)26(34)30-24-16(2)6-5-7-17(24)3/h5-14H,1-4H3,(H,29,33)(H,30,34)(H,31,35). The first-order chi connectivity index (χ1) is 16.6. The highest BCUT2D eigenvalue weighted by molar-refractivity contribution is 9.10. The van der Waals surface area contributed by atoms with E-state index in [1.54, 1.807) is 18.2 Å². The lowest BCUT2D eigenvalue weighted by molar-refractivity contribution is -0.133. The summed E-state index contributed by atoms with van der Waals surface area (Å²) in [6.45, 7) is 7.60. The van der Waals surface area contributed by atoms with E-state index in [-0.39, 0.29) is 5.69 Å². The van der Waals surface area contributed by atoms with Crippen LogP contribution < -0.4 is 16.1 Å². The number of anilines is 2. The molecular weight excluding hydrogens is 508 g/mol. The Morgan fingerprint density at radius 2 is 1.49 bits per heavy atom. The van der Waals surface area contributed by atoms with Crippen LogP contribution in [-0.2, 0) is 9.59 Å². The molecule has 4 aromatic rings. The van der Waals surface area contributed by atoms with Crippen molar-refractivity contribution in [3.63, 3.8) is 0 Å². The number of benzene rings is 3. The third-order valence-corrected chi connectivity index (χ3v) is 6.26. The normalized spacial score (nSPS) is 10.8. The van der Waals surface area contributed by atoms with Crippen LogP contribution in [0, 0.1) is 27.7 Å². The quantitative estimate of drug-likeness (QED) is 0.299. The summed E-state index contributed by atoms with van der Waals surface area (Å²) in [5.74, 6) is -2.14. The van der Waals surface area contributed by atoms with E-state index in [0.717, 1.165) is 32.1 Å². The van der Waals surface area contributed by atoms with E-state index < -0.39 is 17.7 Å². The molecule has 0 fully saturated rings. The Labute approximate surface area is 211 Å². The molecule has 0 spiro atoms. The number of aryl methyl sites for hydroxylation is 4. The zero-order chi connectivity index (χ0) is 25.3. The Morgan fingerprint density at radius 3 is 2.17 bits per heavy atom. The summed E-state index contributed by atoms with van der Waals surface area (Å²) in [6, 6.07) is 18.4. The van der Waals surface area contributed by atoms with Gasteiger partial charge in [-0.2, -0.15) is 0 Å². The lowest BCUT2D eigenvalue weighted by atomic mass is 10.1. The van der Waals surface area contributed by atoms with E-state index in [1.807, 2.05) is 70.2 Å². The number of hydrogen-bond donors (Lipinski definition) is 3. The molecule has 0 bridgehead atoms. The predicted molar refractivity (Wildman–Crippen MR) is 142 cm³/mol. The lowest BCUT2D eigenvalue weighted by Crippen LogP contribution is -2.36. The van der Waals surface area contributed by atoms with Gasteiger partial charge in [0, 0.05) is 21.2 Å². The Bertz CT molecular complexity index is 1470. The molecule has 4 rings (SSSR count). The SMILES string of the molecule is Cc1ccc(NC(=O)c2cc3cc(Br)ccc3n2NC(=O)C(=O)Nc2c(C)cccc2C)c(C)c1. The molecule has 0 aliphatic heterocycles. The molecule has 3 amide bonds. The van der Waals surface area contributed by atoms with E-state index in [1.165, 1.54) is 4.68 Å². The highest BCUT2D eigenvalue weighted by atomic mass is 79.9. The first kappa shape index (κ1) is 24.2. The van der Waals surface area contributed by atoms with Crippen molar-refractivity contribution in [1.29, 1.82) is 0 Å². The number of carbonyl (C=O) groups excluding carboxylic acids is 3. The van der Waals surface area contributed by atoms with Gasteiger partial charge in [0.1, 0.15) is 5.69 Å². The van der Waals surface area contributed by atoms with Crippen LogP contribution in [0.15, 0.2) is 65.1 Å². The van der Waals surface area contributed by atoms with Crippen LogP contribution in [0.1, 0.15) is 32.7 Å². The number of amides is 3. The first-order valence-corrected chi connectivity index (χ1v) is 11.8. The Balaban J connectivity index is 1.65. The molecule has 1 aromatic heterocycles. The zero-order valence-corrected chi connectivity index (χ0v) is 21.4. The fourth-order valence-corrected chi connectivity index (χ4v) is 4.33. The molecule has 0 unspecified atom stereocenters. The van der Waals surface area contributed by atoms with Gasteiger partial charge < -0.3 is 10.6 Å². The summed E-state index contributed by atoms with van der Waals surface area (Å²) in [7, 11) is 0. The van der Waals surface area contributed by atoms with Crippen LogP contribution >= 0.6 is 15.9 Å². The molecule has 3 N–H and O–H groups in total. The highest BCUT2D eigenvalue weighted by Crippen LogP contribution is 2.25. The van der Waals surface area contributed by atoms with Crippen LogP contribution in [0.2, 0.25) is 0 Å². The average Bonchev–Trinajstić information content (AvgIpc) is 3.15. The van der Waals surface area contributed by atoms with Gasteiger partial charge in [-0.3, -0.25) is 19.8 Å². The molecule has 8 heteroatoms. The fraction of sp³-hybridized carbons (Fsp3) is 0.148. The van der Waals surface area contributed by atoms with Crippen molar-refractivity contribution in [3.8, 4) is 0 Å². The number of halogens is 1. The molecule has 0 radical (unpaired) electrons. The third-order valence-electron chi connectivity index (χ3n) is 5.77. The van der Waals surface area contributed by atoms with Gasteiger partial charge in [0.05, 0.1) is 5.52 Å². The topological polar surface area (TPSA) is 92.2 Å². The number of carbonyl (C=O) groups is 3. The van der Waals surface area contributed by atoms with E-state index >= 15 is 0 Å². The smallest absolute Gasteiger partial charge is 0.320 e. The fourth-order valence-electron chi connectivity index (χ4n) is 3.95. The molecule has 0 atom stereocenters. The molecular formula is C27H25BrN4O3. The molecule has 178 valence electrons. The Hall–Kier alpha value is -3.91. The molecule has 7 nitrogen and oxygen atoms in total. The van der Waals surface area contributed by atoms with Crippen LogP contribution in [0.3, 0.4) is 0 Å². The second-order valence-corrected chi connectivity index (χ2v) is 9.42. The number of nitrogens with zero attached hydrogens (tertiary/aromatic N) is 1. The van der Waals surface area contributed by atoms with Gasteiger partial charge in [-0.25, -0.2) is 4.68 Å². The van der Waals surface area contributed by atoms with E-state index in [2.05, 4.69) is 32.0 Å². The molecule has 0 aliphatic rings. The van der Waals surface area contributed by atoms with Gasteiger partial charge in [0.2, 0.25) is 0 Å². The van der Waals surface area contributed by atoms with Gasteiger partial charge in [0.25, 0.3) is 5.91 Å². The minimum atomic E-state index is -0.895. The largest absolute Gasteiger partial charge is 0.328 e. The monoisotopic (exact) mass is 532 g/mol. The van der Waals surface area contributed by atoms with E-state index in [4.69, 9.17) is 0 Å². The highest BCUT2D eigenvalue weighted by Gasteiger charge is 2.22. The minimum Gasteiger partial charge on any atom is -0.320 e. The van der Waals surface area contributed by atoms with Crippen molar-refractivity contribution < 1.29 is 14.4 Å². The lowest BCUT2D eigenvalue weighted by Gasteiger charge is -2.15. The summed E-state index contributed by atoms with van der Waals surface area (Å²) in [6.07, 6.45) is 0. The summed E-state index contributed by atoms with van der Waals surface area (Å²) in [4.78, 5) is 38.9. The summed E-state index contributed by atoms with van der Waals surface area (Å²) < 4.78 is 2.16. The van der Waals surface area contributed by atoms with Gasteiger partial charge in [-0.15, -0.1) is 0 Å². The number of nitrogens with one attached hydrogen (secondary N) is 3. The van der Waals surface area contributed by atoms with Crippen molar-refractivity contribution >= 4 is 55.9 Å². The number of fused-ring (bicyclic) bond motifs is 1. The Morgan fingerprint density at radius 1 is 0.771 bits per heavy atom. The molecule has 0 aliphatic carbocycles. The predicted octanol–water partition coefficient (Wildman–Crippen LogP) is 5.60. The molecule has 0 saturated heterocycles. The van der Waals surface area contributed by atoms with E-state index in [9.17, 15) is 14.4 Å². The van der Waals surface area contributed by atoms with Crippen LogP contribution in [0.4, 0.5) is 11.4 Å². The molecule has 35 heavy (non-hydrogen) atoms. The van der Waals surface area contributed by atoms with Gasteiger partial charge in [-0.05, 0) is 74.7 Å².